The lowest BCUT2D eigenvalue weighted by Crippen LogP contribution is -2.42. The Labute approximate surface area is 158 Å². The molecule has 10 heteroatoms. The average molecular weight is 401 g/mol. The van der Waals surface area contributed by atoms with Gasteiger partial charge in [-0.3, -0.25) is 4.79 Å². The summed E-state index contributed by atoms with van der Waals surface area (Å²) in [4.78, 5) is 26.2. The van der Waals surface area contributed by atoms with Gasteiger partial charge in [0, 0.05) is 30.8 Å². The third kappa shape index (κ3) is 5.16. The fourth-order valence-corrected chi connectivity index (χ4v) is 3.68. The van der Waals surface area contributed by atoms with E-state index in [1.165, 1.54) is 23.9 Å². The lowest BCUT2D eigenvalue weighted by atomic mass is 10.2. The smallest absolute Gasteiger partial charge is 0.378 e. The highest BCUT2D eigenvalue weighted by atomic mass is 32.2. The predicted octanol–water partition coefficient (Wildman–Crippen LogP) is 3.03. The Morgan fingerprint density at radius 3 is 2.44 bits per heavy atom. The van der Waals surface area contributed by atoms with Gasteiger partial charge >= 0.3 is 12.2 Å². The second-order valence-corrected chi connectivity index (χ2v) is 7.13. The van der Waals surface area contributed by atoms with E-state index in [9.17, 15) is 22.8 Å². The molecule has 2 heterocycles. The Balaban J connectivity index is 1.47. The molecule has 1 aromatic rings. The number of carbonyl (C=O) groups excluding carboxylic acids is 2. The molecule has 0 aromatic heterocycles. The van der Waals surface area contributed by atoms with E-state index >= 15 is 0 Å². The van der Waals surface area contributed by atoms with Crippen LogP contribution in [0.25, 0.3) is 0 Å². The SMILES string of the molecule is O=C(Nc1ccc(C(F)(F)F)cc1)NC1CC(C(=O)N2CCOCC2)=CS1. The van der Waals surface area contributed by atoms with E-state index in [-0.39, 0.29) is 17.0 Å². The molecule has 2 aliphatic heterocycles. The van der Waals surface area contributed by atoms with Crippen molar-refractivity contribution in [2.75, 3.05) is 31.6 Å². The number of benzene rings is 1. The van der Waals surface area contributed by atoms with Gasteiger partial charge in [0.25, 0.3) is 5.91 Å². The Kier molecular flexibility index (Phi) is 5.95. The van der Waals surface area contributed by atoms with Gasteiger partial charge in [0.2, 0.25) is 0 Å². The molecule has 0 radical (unpaired) electrons. The van der Waals surface area contributed by atoms with Crippen molar-refractivity contribution < 1.29 is 27.5 Å². The Hall–Kier alpha value is -2.20. The van der Waals surface area contributed by atoms with Crippen molar-refractivity contribution in [1.29, 1.82) is 0 Å². The number of halogens is 3. The standard InChI is InChI=1S/C17H18F3N3O3S/c18-17(19,20)12-1-3-13(4-2-12)21-16(25)22-14-9-11(10-27-14)15(24)23-5-7-26-8-6-23/h1-4,10,14H,5-9H2,(H2,21,22,25). The van der Waals surface area contributed by atoms with Gasteiger partial charge in [-0.25, -0.2) is 4.79 Å². The molecule has 2 N–H and O–H groups in total. The number of hydrogen-bond acceptors (Lipinski definition) is 4. The molecule has 27 heavy (non-hydrogen) atoms. The summed E-state index contributed by atoms with van der Waals surface area (Å²) < 4.78 is 42.9. The number of ether oxygens (including phenoxy) is 1. The number of hydrogen-bond donors (Lipinski definition) is 2. The van der Waals surface area contributed by atoms with Crippen LogP contribution in [0, 0.1) is 0 Å². The van der Waals surface area contributed by atoms with Crippen LogP contribution in [-0.4, -0.2) is 48.5 Å². The summed E-state index contributed by atoms with van der Waals surface area (Å²) in [6.45, 7) is 2.13. The van der Waals surface area contributed by atoms with Gasteiger partial charge in [0.1, 0.15) is 0 Å². The van der Waals surface area contributed by atoms with Crippen LogP contribution in [0.5, 0.6) is 0 Å². The zero-order valence-corrected chi connectivity index (χ0v) is 15.0. The fraction of sp³-hybridized carbons (Fsp3) is 0.412. The maximum atomic E-state index is 12.5. The predicted molar refractivity (Wildman–Crippen MR) is 95.1 cm³/mol. The van der Waals surface area contributed by atoms with Crippen molar-refractivity contribution >= 4 is 29.4 Å². The normalized spacial score (nSPS) is 20.2. The minimum absolute atomic E-state index is 0.0572. The number of morpholine rings is 1. The van der Waals surface area contributed by atoms with Crippen LogP contribution in [-0.2, 0) is 15.7 Å². The molecule has 146 valence electrons. The first kappa shape index (κ1) is 19.6. The van der Waals surface area contributed by atoms with Gasteiger partial charge in [-0.1, -0.05) is 0 Å². The van der Waals surface area contributed by atoms with Crippen LogP contribution in [0.1, 0.15) is 12.0 Å². The van der Waals surface area contributed by atoms with E-state index in [4.69, 9.17) is 4.74 Å². The Bertz CT molecular complexity index is 731. The first-order valence-electron chi connectivity index (χ1n) is 8.29. The third-order valence-corrected chi connectivity index (χ3v) is 5.15. The lowest BCUT2D eigenvalue weighted by Gasteiger charge is -2.27. The molecule has 3 amide bonds. The minimum atomic E-state index is -4.42. The first-order chi connectivity index (χ1) is 12.8. The summed E-state index contributed by atoms with van der Waals surface area (Å²) >= 11 is 1.33. The summed E-state index contributed by atoms with van der Waals surface area (Å²) in [6, 6.07) is 3.65. The van der Waals surface area contributed by atoms with Crippen molar-refractivity contribution in [2.45, 2.75) is 18.0 Å². The molecule has 0 saturated carbocycles. The Morgan fingerprint density at radius 2 is 1.81 bits per heavy atom. The van der Waals surface area contributed by atoms with E-state index < -0.39 is 17.8 Å². The lowest BCUT2D eigenvalue weighted by molar-refractivity contribution is -0.137. The third-order valence-electron chi connectivity index (χ3n) is 4.12. The second kappa shape index (κ2) is 8.22. The van der Waals surface area contributed by atoms with E-state index in [2.05, 4.69) is 10.6 Å². The summed E-state index contributed by atoms with van der Waals surface area (Å²) in [6.07, 6.45) is -4.03. The number of nitrogens with zero attached hydrogens (tertiary/aromatic N) is 1. The molecule has 1 atom stereocenters. The molecule has 2 aliphatic rings. The molecule has 1 aromatic carbocycles. The molecule has 1 saturated heterocycles. The number of nitrogens with one attached hydrogen (secondary N) is 2. The van der Waals surface area contributed by atoms with E-state index in [0.717, 1.165) is 12.1 Å². The highest BCUT2D eigenvalue weighted by Gasteiger charge is 2.30. The molecular formula is C17H18F3N3O3S. The summed E-state index contributed by atoms with van der Waals surface area (Å²) in [5.41, 5.74) is 0.0954. The van der Waals surface area contributed by atoms with E-state index in [1.54, 1.807) is 10.3 Å². The van der Waals surface area contributed by atoms with Crippen LogP contribution in [0.4, 0.5) is 23.7 Å². The van der Waals surface area contributed by atoms with Gasteiger partial charge in [-0.2, -0.15) is 13.2 Å². The number of thioether (sulfide) groups is 1. The number of amides is 3. The largest absolute Gasteiger partial charge is 0.416 e. The van der Waals surface area contributed by atoms with Crippen LogP contribution < -0.4 is 10.6 Å². The number of rotatable bonds is 3. The molecule has 3 rings (SSSR count). The topological polar surface area (TPSA) is 70.7 Å². The van der Waals surface area contributed by atoms with Crippen LogP contribution in [0.2, 0.25) is 0 Å². The number of alkyl halides is 3. The fourth-order valence-electron chi connectivity index (χ4n) is 2.71. The zero-order chi connectivity index (χ0) is 19.4. The molecule has 1 unspecified atom stereocenters. The number of carbonyl (C=O) groups is 2. The van der Waals surface area contributed by atoms with Gasteiger partial charge in [0.05, 0.1) is 24.2 Å². The van der Waals surface area contributed by atoms with Gasteiger partial charge in [-0.15, -0.1) is 11.8 Å². The minimum Gasteiger partial charge on any atom is -0.378 e. The zero-order valence-electron chi connectivity index (χ0n) is 14.2. The van der Waals surface area contributed by atoms with Crippen molar-refractivity contribution in [3.05, 3.63) is 40.8 Å². The van der Waals surface area contributed by atoms with Gasteiger partial charge in [0.15, 0.2) is 0 Å². The van der Waals surface area contributed by atoms with Crippen LogP contribution >= 0.6 is 11.8 Å². The molecule has 0 spiro atoms. The highest BCUT2D eigenvalue weighted by Crippen LogP contribution is 2.31. The maximum absolute atomic E-state index is 12.5. The summed E-state index contributed by atoms with van der Waals surface area (Å²) in [5, 5.41) is 6.62. The Morgan fingerprint density at radius 1 is 1.15 bits per heavy atom. The maximum Gasteiger partial charge on any atom is 0.416 e. The molecule has 0 aliphatic carbocycles. The number of urea groups is 1. The molecule has 1 fully saturated rings. The van der Waals surface area contributed by atoms with Crippen LogP contribution in [0.15, 0.2) is 35.2 Å². The van der Waals surface area contributed by atoms with Gasteiger partial charge < -0.3 is 20.3 Å². The quantitative estimate of drug-likeness (QED) is 0.817. The highest BCUT2D eigenvalue weighted by molar-refractivity contribution is 8.03. The first-order valence-corrected chi connectivity index (χ1v) is 9.23. The summed E-state index contributed by atoms with van der Waals surface area (Å²) in [7, 11) is 0. The molecule has 0 bridgehead atoms. The summed E-state index contributed by atoms with van der Waals surface area (Å²) in [5.74, 6) is -0.0572. The number of anilines is 1. The average Bonchev–Trinajstić information content (AvgIpc) is 3.09. The van der Waals surface area contributed by atoms with Crippen molar-refractivity contribution in [2.24, 2.45) is 0 Å². The van der Waals surface area contributed by atoms with E-state index in [1.807, 2.05) is 0 Å². The van der Waals surface area contributed by atoms with E-state index in [0.29, 0.717) is 38.3 Å². The van der Waals surface area contributed by atoms with Crippen molar-refractivity contribution in [3.63, 3.8) is 0 Å². The second-order valence-electron chi connectivity index (χ2n) is 6.05. The van der Waals surface area contributed by atoms with Crippen molar-refractivity contribution in [1.82, 2.24) is 10.2 Å². The van der Waals surface area contributed by atoms with Crippen LogP contribution in [0.3, 0.4) is 0 Å². The monoisotopic (exact) mass is 401 g/mol. The van der Waals surface area contributed by atoms with Crippen molar-refractivity contribution in [3.8, 4) is 0 Å². The van der Waals surface area contributed by atoms with Gasteiger partial charge in [-0.05, 0) is 29.7 Å². The molecular weight excluding hydrogens is 383 g/mol. The molecule has 6 nitrogen and oxygen atoms in total.